The molecule has 4 atom stereocenters. The summed E-state index contributed by atoms with van der Waals surface area (Å²) in [6, 6.07) is 8.79. The molecule has 2 aliphatic rings. The van der Waals surface area contributed by atoms with Crippen LogP contribution in [0.4, 0.5) is 5.69 Å². The minimum Gasteiger partial charge on any atom is -0.497 e. The van der Waals surface area contributed by atoms with Gasteiger partial charge >= 0.3 is 0 Å². The van der Waals surface area contributed by atoms with E-state index in [1.54, 1.807) is 43.7 Å². The summed E-state index contributed by atoms with van der Waals surface area (Å²) in [5, 5.41) is 5.85. The van der Waals surface area contributed by atoms with Gasteiger partial charge in [-0.15, -0.1) is 0 Å². The molecule has 0 radical (unpaired) electrons. The van der Waals surface area contributed by atoms with E-state index in [-0.39, 0.29) is 23.7 Å². The third-order valence-corrected chi connectivity index (χ3v) is 5.75. The maximum atomic E-state index is 13.1. The van der Waals surface area contributed by atoms with Crippen molar-refractivity contribution < 1.29 is 23.5 Å². The largest absolute Gasteiger partial charge is 0.497 e. The van der Waals surface area contributed by atoms with Gasteiger partial charge in [-0.25, -0.2) is 0 Å². The summed E-state index contributed by atoms with van der Waals surface area (Å²) in [7, 11) is 3.11. The molecule has 0 spiro atoms. The fourth-order valence-corrected chi connectivity index (χ4v) is 4.36. The average Bonchev–Trinajstić information content (AvgIpc) is 3.49. The smallest absolute Gasteiger partial charge is 0.229 e. The van der Waals surface area contributed by atoms with Gasteiger partial charge in [0.15, 0.2) is 0 Å². The van der Waals surface area contributed by atoms with Crippen LogP contribution in [0.15, 0.2) is 53.2 Å². The number of hydrogen-bond donors (Lipinski definition) is 2. The monoisotopic (exact) mass is 396 g/mol. The second-order valence-corrected chi connectivity index (χ2v) is 7.35. The molecule has 0 saturated heterocycles. The maximum absolute atomic E-state index is 13.1. The lowest BCUT2D eigenvalue weighted by Gasteiger charge is -2.26. The normalized spacial score (nSPS) is 24.3. The molecule has 2 N–H and O–H groups in total. The molecular formula is C22H24N2O5. The number of nitrogens with one attached hydrogen (secondary N) is 2. The highest BCUT2D eigenvalue weighted by Gasteiger charge is 2.51. The predicted molar refractivity (Wildman–Crippen MR) is 106 cm³/mol. The zero-order chi connectivity index (χ0) is 20.4. The number of allylic oxidation sites excluding steroid dienone is 2. The lowest BCUT2D eigenvalue weighted by Crippen LogP contribution is -2.41. The standard InChI is InChI=1S/C22H24N2O5/c1-27-15-7-8-17(18(11-15)28-2)24-22(26)20-14-6-5-13(10-14)19(20)21(25)23-12-16-4-3-9-29-16/h3-9,11,13-14,19-20H,10,12H2,1-2H3,(H,23,25)(H,24,26)/t13-,14-,19+,20+/m1/s1. The van der Waals surface area contributed by atoms with Crippen LogP contribution in [0.1, 0.15) is 12.2 Å². The number of methoxy groups -OCH3 is 2. The molecule has 2 bridgehead atoms. The summed E-state index contributed by atoms with van der Waals surface area (Å²) >= 11 is 0. The molecule has 0 unspecified atom stereocenters. The number of furan rings is 1. The van der Waals surface area contributed by atoms with Crippen molar-refractivity contribution in [2.75, 3.05) is 19.5 Å². The number of benzene rings is 1. The first-order valence-electron chi connectivity index (χ1n) is 9.62. The Bertz CT molecular complexity index is 921. The topological polar surface area (TPSA) is 89.8 Å². The van der Waals surface area contributed by atoms with E-state index in [1.165, 1.54) is 7.11 Å². The summed E-state index contributed by atoms with van der Waals surface area (Å²) in [6.45, 7) is 0.310. The molecular weight excluding hydrogens is 372 g/mol. The number of carbonyl (C=O) groups is 2. The molecule has 29 heavy (non-hydrogen) atoms. The fraction of sp³-hybridized carbons (Fsp3) is 0.364. The number of ether oxygens (including phenoxy) is 2. The van der Waals surface area contributed by atoms with Crippen LogP contribution >= 0.6 is 0 Å². The van der Waals surface area contributed by atoms with E-state index < -0.39 is 11.8 Å². The van der Waals surface area contributed by atoms with Crippen LogP contribution in [0.3, 0.4) is 0 Å². The van der Waals surface area contributed by atoms with Crippen LogP contribution in [0.2, 0.25) is 0 Å². The van der Waals surface area contributed by atoms with E-state index in [9.17, 15) is 9.59 Å². The molecule has 1 fully saturated rings. The summed E-state index contributed by atoms with van der Waals surface area (Å²) in [4.78, 5) is 26.0. The van der Waals surface area contributed by atoms with Gasteiger partial charge in [-0.05, 0) is 42.5 Å². The zero-order valence-electron chi connectivity index (χ0n) is 16.4. The van der Waals surface area contributed by atoms with Crippen molar-refractivity contribution in [3.05, 3.63) is 54.5 Å². The van der Waals surface area contributed by atoms with E-state index in [0.29, 0.717) is 29.5 Å². The third-order valence-electron chi connectivity index (χ3n) is 5.75. The Morgan fingerprint density at radius 1 is 1.07 bits per heavy atom. The van der Waals surface area contributed by atoms with Crippen LogP contribution in [-0.2, 0) is 16.1 Å². The van der Waals surface area contributed by atoms with Gasteiger partial charge < -0.3 is 24.5 Å². The SMILES string of the molecule is COc1ccc(NC(=O)[C@@H]2[C@@H](C(=O)NCc3ccco3)[C@@H]3C=C[C@@H]2C3)c(OC)c1. The summed E-state index contributed by atoms with van der Waals surface area (Å²) in [6.07, 6.45) is 6.49. The Balaban J connectivity index is 1.49. The number of carbonyl (C=O) groups excluding carboxylic acids is 2. The highest BCUT2D eigenvalue weighted by Crippen LogP contribution is 2.48. The van der Waals surface area contributed by atoms with Gasteiger partial charge in [0.05, 0.1) is 44.6 Å². The average molecular weight is 396 g/mol. The van der Waals surface area contributed by atoms with Gasteiger partial charge in [0.25, 0.3) is 0 Å². The first-order valence-corrected chi connectivity index (χ1v) is 9.62. The molecule has 7 nitrogen and oxygen atoms in total. The summed E-state index contributed by atoms with van der Waals surface area (Å²) in [5.74, 6) is 0.837. The number of amides is 2. The van der Waals surface area contributed by atoms with E-state index in [4.69, 9.17) is 13.9 Å². The van der Waals surface area contributed by atoms with Gasteiger partial charge in [0, 0.05) is 6.07 Å². The van der Waals surface area contributed by atoms with Crippen molar-refractivity contribution in [1.29, 1.82) is 0 Å². The molecule has 4 rings (SSSR count). The molecule has 1 saturated carbocycles. The van der Waals surface area contributed by atoms with Gasteiger partial charge in [0.1, 0.15) is 17.3 Å². The lowest BCUT2D eigenvalue weighted by atomic mass is 9.81. The molecule has 2 aromatic rings. The predicted octanol–water partition coefficient (Wildman–Crippen LogP) is 2.99. The number of fused-ring (bicyclic) bond motifs is 2. The van der Waals surface area contributed by atoms with Gasteiger partial charge in [-0.3, -0.25) is 9.59 Å². The van der Waals surface area contributed by atoms with Crippen LogP contribution in [-0.4, -0.2) is 26.0 Å². The fourth-order valence-electron chi connectivity index (χ4n) is 4.36. The molecule has 0 aliphatic heterocycles. The van der Waals surface area contributed by atoms with Gasteiger partial charge in [-0.2, -0.15) is 0 Å². The quantitative estimate of drug-likeness (QED) is 0.703. The second-order valence-electron chi connectivity index (χ2n) is 7.35. The highest BCUT2D eigenvalue weighted by atomic mass is 16.5. The minimum absolute atomic E-state index is 0.0589. The van der Waals surface area contributed by atoms with Crippen molar-refractivity contribution in [3.8, 4) is 11.5 Å². The van der Waals surface area contributed by atoms with Crippen molar-refractivity contribution in [2.24, 2.45) is 23.7 Å². The van der Waals surface area contributed by atoms with Crippen LogP contribution in [0, 0.1) is 23.7 Å². The Hall–Kier alpha value is -3.22. The first kappa shape index (κ1) is 19.1. The van der Waals surface area contributed by atoms with Crippen molar-refractivity contribution >= 4 is 17.5 Å². The van der Waals surface area contributed by atoms with E-state index in [2.05, 4.69) is 22.8 Å². The van der Waals surface area contributed by atoms with Crippen molar-refractivity contribution in [1.82, 2.24) is 5.32 Å². The van der Waals surface area contributed by atoms with Crippen molar-refractivity contribution in [2.45, 2.75) is 13.0 Å². The van der Waals surface area contributed by atoms with E-state index in [1.807, 2.05) is 0 Å². The zero-order valence-corrected chi connectivity index (χ0v) is 16.4. The molecule has 2 amide bonds. The van der Waals surface area contributed by atoms with E-state index >= 15 is 0 Å². The van der Waals surface area contributed by atoms with Crippen LogP contribution in [0.5, 0.6) is 11.5 Å². The van der Waals surface area contributed by atoms with Crippen LogP contribution in [0.25, 0.3) is 0 Å². The van der Waals surface area contributed by atoms with Crippen LogP contribution < -0.4 is 20.1 Å². The molecule has 7 heteroatoms. The maximum Gasteiger partial charge on any atom is 0.229 e. The second kappa shape index (κ2) is 8.03. The molecule has 2 aliphatic carbocycles. The highest BCUT2D eigenvalue weighted by molar-refractivity contribution is 5.98. The van der Waals surface area contributed by atoms with Crippen molar-refractivity contribution in [3.63, 3.8) is 0 Å². The van der Waals surface area contributed by atoms with E-state index in [0.717, 1.165) is 6.42 Å². The number of anilines is 1. The molecule has 1 aromatic carbocycles. The Morgan fingerprint density at radius 2 is 1.83 bits per heavy atom. The summed E-state index contributed by atoms with van der Waals surface area (Å²) < 4.78 is 15.8. The molecule has 1 aromatic heterocycles. The first-order chi connectivity index (χ1) is 14.1. The minimum atomic E-state index is -0.423. The van der Waals surface area contributed by atoms with Gasteiger partial charge in [-0.1, -0.05) is 12.2 Å². The number of hydrogen-bond acceptors (Lipinski definition) is 5. The molecule has 152 valence electrons. The number of rotatable bonds is 7. The van der Waals surface area contributed by atoms with Gasteiger partial charge in [0.2, 0.25) is 11.8 Å². The Morgan fingerprint density at radius 3 is 2.48 bits per heavy atom. The Kier molecular flexibility index (Phi) is 5.29. The summed E-state index contributed by atoms with van der Waals surface area (Å²) in [5.41, 5.74) is 0.555. The Labute approximate surface area is 169 Å². The lowest BCUT2D eigenvalue weighted by molar-refractivity contribution is -0.133. The molecule has 1 heterocycles. The third kappa shape index (κ3) is 3.72.